The number of rotatable bonds is 9. The topological polar surface area (TPSA) is 75.7 Å². The van der Waals surface area contributed by atoms with Crippen molar-refractivity contribution in [3.63, 3.8) is 0 Å². The SMILES string of the molecule is CC(C)COCCCNC(=O)C1CCN(S(=O)(=O)c2cccc(C(F)(F)F)c2)CC1. The molecule has 0 spiro atoms. The van der Waals surface area contributed by atoms with Crippen molar-refractivity contribution in [3.05, 3.63) is 29.8 Å². The summed E-state index contributed by atoms with van der Waals surface area (Å²) in [5, 5.41) is 2.84. The van der Waals surface area contributed by atoms with Gasteiger partial charge in [-0.3, -0.25) is 4.79 Å². The molecule has 0 aromatic heterocycles. The average Bonchev–Trinajstić information content (AvgIpc) is 2.69. The summed E-state index contributed by atoms with van der Waals surface area (Å²) < 4.78 is 70.7. The Morgan fingerprint density at radius 2 is 1.93 bits per heavy atom. The molecule has 2 rings (SSSR count). The van der Waals surface area contributed by atoms with Gasteiger partial charge in [0, 0.05) is 38.8 Å². The highest BCUT2D eigenvalue weighted by atomic mass is 32.2. The Hall–Kier alpha value is -1.65. The van der Waals surface area contributed by atoms with E-state index in [0.29, 0.717) is 51.0 Å². The van der Waals surface area contributed by atoms with Crippen molar-refractivity contribution in [1.82, 2.24) is 9.62 Å². The molecule has 1 heterocycles. The van der Waals surface area contributed by atoms with E-state index in [1.54, 1.807) is 0 Å². The third kappa shape index (κ3) is 6.95. The number of carbonyl (C=O) groups excluding carboxylic acids is 1. The van der Waals surface area contributed by atoms with Gasteiger partial charge in [-0.2, -0.15) is 17.5 Å². The van der Waals surface area contributed by atoms with Gasteiger partial charge in [0.05, 0.1) is 10.5 Å². The highest BCUT2D eigenvalue weighted by Crippen LogP contribution is 2.32. The van der Waals surface area contributed by atoms with E-state index in [9.17, 15) is 26.4 Å². The van der Waals surface area contributed by atoms with Crippen molar-refractivity contribution >= 4 is 15.9 Å². The fraction of sp³-hybridized carbons (Fsp3) is 0.650. The number of piperidine rings is 1. The van der Waals surface area contributed by atoms with E-state index in [1.165, 1.54) is 0 Å². The van der Waals surface area contributed by atoms with Crippen LogP contribution in [0.1, 0.15) is 38.7 Å². The number of halogens is 3. The molecule has 1 aliphatic heterocycles. The van der Waals surface area contributed by atoms with E-state index < -0.39 is 21.8 Å². The van der Waals surface area contributed by atoms with Crippen LogP contribution in [0.2, 0.25) is 0 Å². The van der Waals surface area contributed by atoms with Gasteiger partial charge in [0.25, 0.3) is 0 Å². The van der Waals surface area contributed by atoms with E-state index in [0.717, 1.165) is 22.5 Å². The largest absolute Gasteiger partial charge is 0.416 e. The Morgan fingerprint density at radius 1 is 1.27 bits per heavy atom. The molecule has 30 heavy (non-hydrogen) atoms. The fourth-order valence-electron chi connectivity index (χ4n) is 3.19. The Morgan fingerprint density at radius 3 is 2.53 bits per heavy atom. The van der Waals surface area contributed by atoms with Gasteiger partial charge in [0.2, 0.25) is 15.9 Å². The van der Waals surface area contributed by atoms with Crippen molar-refractivity contribution < 1.29 is 31.1 Å². The summed E-state index contributed by atoms with van der Waals surface area (Å²) in [6.45, 7) is 6.02. The lowest BCUT2D eigenvalue weighted by molar-refractivity contribution is -0.137. The second kappa shape index (κ2) is 10.6. The molecule has 1 amide bonds. The monoisotopic (exact) mass is 450 g/mol. The number of benzene rings is 1. The zero-order chi connectivity index (χ0) is 22.4. The molecule has 0 saturated carbocycles. The average molecular weight is 451 g/mol. The molecular formula is C20H29F3N2O4S. The Kier molecular flexibility index (Phi) is 8.69. The molecule has 0 radical (unpaired) electrons. The lowest BCUT2D eigenvalue weighted by atomic mass is 9.97. The summed E-state index contributed by atoms with van der Waals surface area (Å²) in [6, 6.07) is 3.73. The lowest BCUT2D eigenvalue weighted by Crippen LogP contribution is -2.43. The van der Waals surface area contributed by atoms with Gasteiger partial charge < -0.3 is 10.1 Å². The van der Waals surface area contributed by atoms with Gasteiger partial charge in [-0.05, 0) is 43.4 Å². The molecule has 1 aromatic carbocycles. The minimum atomic E-state index is -4.61. The first-order valence-electron chi connectivity index (χ1n) is 10.0. The number of hydrogen-bond donors (Lipinski definition) is 1. The third-order valence-electron chi connectivity index (χ3n) is 4.84. The van der Waals surface area contributed by atoms with E-state index in [1.807, 2.05) is 0 Å². The maximum Gasteiger partial charge on any atom is 0.416 e. The molecule has 1 N–H and O–H groups in total. The summed E-state index contributed by atoms with van der Waals surface area (Å²) in [4.78, 5) is 11.9. The van der Waals surface area contributed by atoms with E-state index in [-0.39, 0.29) is 29.8 Å². The minimum absolute atomic E-state index is 0.0914. The number of amides is 1. The zero-order valence-corrected chi connectivity index (χ0v) is 18.1. The number of alkyl halides is 3. The summed E-state index contributed by atoms with van der Waals surface area (Å²) >= 11 is 0. The summed E-state index contributed by atoms with van der Waals surface area (Å²) in [5.74, 6) is 0.0153. The third-order valence-corrected chi connectivity index (χ3v) is 6.73. The second-order valence-corrected chi connectivity index (χ2v) is 9.76. The van der Waals surface area contributed by atoms with E-state index >= 15 is 0 Å². The van der Waals surface area contributed by atoms with Crippen LogP contribution in [0, 0.1) is 11.8 Å². The first-order chi connectivity index (χ1) is 14.0. The van der Waals surface area contributed by atoms with Crippen molar-refractivity contribution in [3.8, 4) is 0 Å². The van der Waals surface area contributed by atoms with Crippen LogP contribution in [0.15, 0.2) is 29.2 Å². The van der Waals surface area contributed by atoms with Gasteiger partial charge in [-0.1, -0.05) is 19.9 Å². The highest BCUT2D eigenvalue weighted by Gasteiger charge is 2.35. The van der Waals surface area contributed by atoms with Crippen molar-refractivity contribution in [1.29, 1.82) is 0 Å². The van der Waals surface area contributed by atoms with Gasteiger partial charge in [-0.15, -0.1) is 0 Å². The first-order valence-corrected chi connectivity index (χ1v) is 11.5. The van der Waals surface area contributed by atoms with Crippen LogP contribution in [0.5, 0.6) is 0 Å². The van der Waals surface area contributed by atoms with E-state index in [2.05, 4.69) is 19.2 Å². The van der Waals surface area contributed by atoms with Crippen LogP contribution >= 0.6 is 0 Å². The normalized spacial score (nSPS) is 16.7. The van der Waals surface area contributed by atoms with Gasteiger partial charge in [0.15, 0.2) is 0 Å². The summed E-state index contributed by atoms with van der Waals surface area (Å²) in [5.41, 5.74) is -1.00. The molecule has 170 valence electrons. The van der Waals surface area contributed by atoms with Crippen LogP contribution in [-0.4, -0.2) is 51.5 Å². The quantitative estimate of drug-likeness (QED) is 0.586. The van der Waals surface area contributed by atoms with Gasteiger partial charge >= 0.3 is 6.18 Å². The molecule has 1 fully saturated rings. The predicted molar refractivity (Wildman–Crippen MR) is 106 cm³/mol. The molecule has 0 atom stereocenters. The highest BCUT2D eigenvalue weighted by molar-refractivity contribution is 7.89. The maximum absolute atomic E-state index is 12.9. The molecule has 6 nitrogen and oxygen atoms in total. The van der Waals surface area contributed by atoms with Crippen LogP contribution in [0.4, 0.5) is 13.2 Å². The Bertz CT molecular complexity index is 805. The molecule has 0 bridgehead atoms. The molecule has 1 aromatic rings. The molecule has 10 heteroatoms. The number of hydrogen-bond acceptors (Lipinski definition) is 4. The fourth-order valence-corrected chi connectivity index (χ4v) is 4.71. The second-order valence-electron chi connectivity index (χ2n) is 7.82. The predicted octanol–water partition coefficient (Wildman–Crippen LogP) is 3.29. The summed E-state index contributed by atoms with van der Waals surface area (Å²) in [6.07, 6.45) is -3.26. The number of nitrogens with one attached hydrogen (secondary N) is 1. The minimum Gasteiger partial charge on any atom is -0.381 e. The smallest absolute Gasteiger partial charge is 0.381 e. The van der Waals surface area contributed by atoms with Gasteiger partial charge in [-0.25, -0.2) is 8.42 Å². The molecule has 0 unspecified atom stereocenters. The van der Waals surface area contributed by atoms with Crippen LogP contribution < -0.4 is 5.32 Å². The van der Waals surface area contributed by atoms with Crippen LogP contribution in [-0.2, 0) is 25.7 Å². The Balaban J connectivity index is 1.84. The Labute approximate surface area is 175 Å². The van der Waals surface area contributed by atoms with Crippen molar-refractivity contribution in [2.45, 2.75) is 44.2 Å². The number of ether oxygens (including phenoxy) is 1. The zero-order valence-electron chi connectivity index (χ0n) is 17.2. The molecule has 0 aliphatic carbocycles. The van der Waals surface area contributed by atoms with Crippen LogP contribution in [0.3, 0.4) is 0 Å². The van der Waals surface area contributed by atoms with E-state index in [4.69, 9.17) is 4.74 Å². The molecule has 1 aliphatic rings. The lowest BCUT2D eigenvalue weighted by Gasteiger charge is -2.30. The summed E-state index contributed by atoms with van der Waals surface area (Å²) in [7, 11) is -4.04. The number of carbonyl (C=O) groups is 1. The molecular weight excluding hydrogens is 421 g/mol. The molecule has 1 saturated heterocycles. The standard InChI is InChI=1S/C20H29F3N2O4S/c1-15(2)14-29-12-4-9-24-19(26)16-7-10-25(11-8-16)30(27,28)18-6-3-5-17(13-18)20(21,22)23/h3,5-6,13,15-16H,4,7-12,14H2,1-2H3,(H,24,26). The van der Waals surface area contributed by atoms with Crippen molar-refractivity contribution in [2.75, 3.05) is 32.8 Å². The number of sulfonamides is 1. The maximum atomic E-state index is 12.9. The number of nitrogens with zero attached hydrogens (tertiary/aromatic N) is 1. The van der Waals surface area contributed by atoms with Crippen molar-refractivity contribution in [2.24, 2.45) is 11.8 Å². The first kappa shape index (κ1) is 24.6. The van der Waals surface area contributed by atoms with Crippen LogP contribution in [0.25, 0.3) is 0 Å². The van der Waals surface area contributed by atoms with Gasteiger partial charge in [0.1, 0.15) is 0 Å².